The van der Waals surface area contributed by atoms with Crippen LogP contribution in [0.4, 0.5) is 13.2 Å². The van der Waals surface area contributed by atoms with E-state index in [0.717, 1.165) is 19.5 Å². The van der Waals surface area contributed by atoms with E-state index in [4.69, 9.17) is 0 Å². The van der Waals surface area contributed by atoms with Crippen LogP contribution in [0.1, 0.15) is 33.5 Å². The Kier molecular flexibility index (Phi) is 7.06. The molecule has 2 atom stereocenters. The fourth-order valence-electron chi connectivity index (χ4n) is 4.40. The van der Waals surface area contributed by atoms with Gasteiger partial charge in [-0.3, -0.25) is 9.69 Å². The number of carbonyl (C=O) groups excluding carboxylic acids is 1. The van der Waals surface area contributed by atoms with Crippen LogP contribution in [0.25, 0.3) is 0 Å². The summed E-state index contributed by atoms with van der Waals surface area (Å²) in [5.74, 6) is -0.481. The molecule has 33 heavy (non-hydrogen) atoms. The zero-order valence-electron chi connectivity index (χ0n) is 17.9. The zero-order valence-corrected chi connectivity index (χ0v) is 18.7. The summed E-state index contributed by atoms with van der Waals surface area (Å²) >= 11 is -3.47. The summed E-state index contributed by atoms with van der Waals surface area (Å²) in [6.07, 6.45) is 1.25. The summed E-state index contributed by atoms with van der Waals surface area (Å²) in [4.78, 5) is 16.8. The predicted molar refractivity (Wildman–Crippen MR) is 117 cm³/mol. The number of rotatable bonds is 6. The lowest BCUT2D eigenvalue weighted by molar-refractivity contribution is -0.0437. The normalized spacial score (nSPS) is 18.8. The molecular formula is C23H25F3N2O4S. The minimum absolute atomic E-state index is 0.173. The van der Waals surface area contributed by atoms with Crippen molar-refractivity contribution < 1.29 is 31.5 Å². The molecule has 2 aromatic carbocycles. The number of β-amino-alcohol motifs (C(OH)–C–C–N with tert-alkyl or cyclic N) is 1. The van der Waals surface area contributed by atoms with E-state index in [1.165, 1.54) is 29.3 Å². The molecular weight excluding hydrogens is 457 g/mol. The quantitative estimate of drug-likeness (QED) is 0.686. The van der Waals surface area contributed by atoms with Gasteiger partial charge in [0.25, 0.3) is 5.91 Å². The molecule has 0 fully saturated rings. The van der Waals surface area contributed by atoms with Crippen molar-refractivity contribution >= 4 is 17.0 Å². The highest BCUT2D eigenvalue weighted by molar-refractivity contribution is 7.81. The van der Waals surface area contributed by atoms with Crippen LogP contribution in [0.2, 0.25) is 0 Å². The molecule has 2 aromatic rings. The molecule has 1 N–H and O–H groups in total. The Morgan fingerprint density at radius 3 is 2.55 bits per heavy atom. The maximum atomic E-state index is 13.0. The molecule has 0 aliphatic carbocycles. The molecule has 0 saturated heterocycles. The van der Waals surface area contributed by atoms with Gasteiger partial charge >= 0.3 is 16.6 Å². The van der Waals surface area contributed by atoms with Crippen molar-refractivity contribution in [3.63, 3.8) is 0 Å². The van der Waals surface area contributed by atoms with Crippen molar-refractivity contribution in [2.75, 3.05) is 26.2 Å². The van der Waals surface area contributed by atoms with Crippen LogP contribution < -0.4 is 4.18 Å². The van der Waals surface area contributed by atoms with Gasteiger partial charge < -0.3 is 14.2 Å². The smallest absolute Gasteiger partial charge is 0.394 e. The highest BCUT2D eigenvalue weighted by Crippen LogP contribution is 2.28. The van der Waals surface area contributed by atoms with Crippen molar-refractivity contribution in [1.82, 2.24) is 9.80 Å². The second kappa shape index (κ2) is 9.82. The van der Waals surface area contributed by atoms with E-state index in [9.17, 15) is 27.3 Å². The number of fused-ring (bicyclic) bond motifs is 2. The third kappa shape index (κ3) is 5.74. The van der Waals surface area contributed by atoms with E-state index < -0.39 is 22.7 Å². The number of halogens is 3. The molecule has 0 aromatic heterocycles. The van der Waals surface area contributed by atoms with Gasteiger partial charge in [0, 0.05) is 38.3 Å². The first-order valence-corrected chi connectivity index (χ1v) is 11.8. The van der Waals surface area contributed by atoms with Crippen LogP contribution in [0.3, 0.4) is 0 Å². The summed E-state index contributed by atoms with van der Waals surface area (Å²) < 4.78 is 53.2. The molecule has 2 heterocycles. The molecule has 0 radical (unpaired) electrons. The van der Waals surface area contributed by atoms with Gasteiger partial charge in [0.05, 0.1) is 6.10 Å². The Balaban J connectivity index is 1.38. The summed E-state index contributed by atoms with van der Waals surface area (Å²) in [6.45, 7) is 2.64. The van der Waals surface area contributed by atoms with Crippen LogP contribution in [0.15, 0.2) is 42.5 Å². The molecule has 1 unspecified atom stereocenters. The van der Waals surface area contributed by atoms with Crippen molar-refractivity contribution in [2.45, 2.75) is 37.4 Å². The maximum absolute atomic E-state index is 13.0. The van der Waals surface area contributed by atoms with Crippen molar-refractivity contribution in [2.24, 2.45) is 0 Å². The molecule has 0 saturated carbocycles. The zero-order chi connectivity index (χ0) is 23.6. The fourth-order valence-corrected chi connectivity index (χ4v) is 4.77. The first kappa shape index (κ1) is 23.7. The molecule has 2 aliphatic rings. The van der Waals surface area contributed by atoms with Gasteiger partial charge in [-0.1, -0.05) is 24.3 Å². The Morgan fingerprint density at radius 1 is 1.03 bits per heavy atom. The Labute approximate surface area is 192 Å². The van der Waals surface area contributed by atoms with Gasteiger partial charge in [-0.15, -0.1) is 0 Å². The van der Waals surface area contributed by atoms with Gasteiger partial charge in [0.2, 0.25) is 0 Å². The second-order valence-corrected chi connectivity index (χ2v) is 9.44. The molecule has 178 valence electrons. The number of hydrogen-bond donors (Lipinski definition) is 1. The van der Waals surface area contributed by atoms with E-state index in [2.05, 4.69) is 21.2 Å². The fraction of sp³-hybridized carbons (Fsp3) is 0.435. The maximum Gasteiger partial charge on any atom is 0.508 e. The predicted octanol–water partition coefficient (Wildman–Crippen LogP) is 3.06. The first-order chi connectivity index (χ1) is 15.7. The number of carbonyl (C=O) groups is 1. The number of alkyl halides is 3. The number of aryl methyl sites for hydroxylation is 1. The van der Waals surface area contributed by atoms with Crippen LogP contribution in [0, 0.1) is 0 Å². The molecule has 1 amide bonds. The third-order valence-electron chi connectivity index (χ3n) is 5.94. The summed E-state index contributed by atoms with van der Waals surface area (Å²) in [5.41, 5.74) is -1.50. The van der Waals surface area contributed by atoms with Gasteiger partial charge in [0.1, 0.15) is 5.75 Å². The number of hydrogen-bond acceptors (Lipinski definition) is 5. The number of nitrogens with zero attached hydrogens (tertiary/aromatic N) is 2. The molecule has 0 spiro atoms. The van der Waals surface area contributed by atoms with E-state index >= 15 is 0 Å². The Bertz CT molecular complexity index is 1050. The Morgan fingerprint density at radius 2 is 1.79 bits per heavy atom. The average molecular weight is 483 g/mol. The number of amides is 1. The molecule has 6 nitrogen and oxygen atoms in total. The van der Waals surface area contributed by atoms with Gasteiger partial charge in [-0.25, -0.2) is 4.21 Å². The number of aliphatic hydroxyl groups excluding tert-OH is 1. The molecule has 10 heteroatoms. The molecule has 0 bridgehead atoms. The largest absolute Gasteiger partial charge is 0.508 e. The Hall–Kier alpha value is -2.43. The van der Waals surface area contributed by atoms with Crippen LogP contribution in [-0.2, 0) is 30.5 Å². The number of benzene rings is 2. The van der Waals surface area contributed by atoms with E-state index in [1.54, 1.807) is 4.90 Å². The van der Waals surface area contributed by atoms with Crippen LogP contribution >= 0.6 is 0 Å². The first-order valence-electron chi connectivity index (χ1n) is 10.8. The molecule has 2 aliphatic heterocycles. The van der Waals surface area contributed by atoms with Crippen molar-refractivity contribution in [3.05, 3.63) is 64.7 Å². The second-order valence-electron chi connectivity index (χ2n) is 8.35. The lowest BCUT2D eigenvalue weighted by atomic mass is 10.00. The van der Waals surface area contributed by atoms with Gasteiger partial charge in [0.15, 0.2) is 0 Å². The average Bonchev–Trinajstić information content (AvgIpc) is 2.91. The highest BCUT2D eigenvalue weighted by atomic mass is 32.2. The topological polar surface area (TPSA) is 70.1 Å². The SMILES string of the molecule is O=C1c2ccc(OS(=O)C(F)(F)F)cc2CCCN1C[C@H](O)CN1CCc2ccccc2C1. The van der Waals surface area contributed by atoms with Crippen molar-refractivity contribution in [1.29, 1.82) is 0 Å². The number of aliphatic hydroxyl groups is 1. The van der Waals surface area contributed by atoms with E-state index in [-0.39, 0.29) is 18.2 Å². The lowest BCUT2D eigenvalue weighted by Gasteiger charge is -2.32. The minimum atomic E-state index is -4.98. The highest BCUT2D eigenvalue weighted by Gasteiger charge is 2.40. The third-order valence-corrected chi connectivity index (χ3v) is 6.66. The van der Waals surface area contributed by atoms with Crippen LogP contribution in [-0.4, -0.2) is 62.8 Å². The van der Waals surface area contributed by atoms with Crippen molar-refractivity contribution in [3.8, 4) is 5.75 Å². The summed E-state index contributed by atoms with van der Waals surface area (Å²) in [7, 11) is 0. The monoisotopic (exact) mass is 482 g/mol. The van der Waals surface area contributed by atoms with Gasteiger partial charge in [-0.2, -0.15) is 13.2 Å². The molecule has 4 rings (SSSR count). The van der Waals surface area contributed by atoms with E-state index in [1.807, 2.05) is 12.1 Å². The standard InChI is InChI=1S/C23H25F3N2O4S/c24-23(25,26)33(31)32-20-7-8-21-17(12-20)6-3-10-28(22(21)30)15-19(29)14-27-11-9-16-4-1-2-5-18(16)13-27/h1-2,4-5,7-8,12,19,29H,3,6,9-11,13-15H2/t19-,33?/m1/s1. The minimum Gasteiger partial charge on any atom is -0.394 e. The summed E-state index contributed by atoms with van der Waals surface area (Å²) in [6, 6.07) is 12.2. The van der Waals surface area contributed by atoms with Gasteiger partial charge in [-0.05, 0) is 54.2 Å². The van der Waals surface area contributed by atoms with Crippen LogP contribution in [0.5, 0.6) is 5.75 Å². The van der Waals surface area contributed by atoms with E-state index in [0.29, 0.717) is 37.1 Å². The summed E-state index contributed by atoms with van der Waals surface area (Å²) in [5, 5.41) is 10.7. The lowest BCUT2D eigenvalue weighted by Crippen LogP contribution is -2.44.